The van der Waals surface area contributed by atoms with Gasteiger partial charge in [0, 0.05) is 10.0 Å². The van der Waals surface area contributed by atoms with Gasteiger partial charge in [-0.15, -0.1) is 0 Å². The Balaban J connectivity index is 2.31. The molecule has 0 radical (unpaired) electrons. The van der Waals surface area contributed by atoms with E-state index in [1.807, 2.05) is 60.7 Å². The summed E-state index contributed by atoms with van der Waals surface area (Å²) in [4.78, 5) is 24.8. The molecule has 33 heavy (non-hydrogen) atoms. The fourth-order valence-corrected chi connectivity index (χ4v) is 10.0. The summed E-state index contributed by atoms with van der Waals surface area (Å²) in [5.41, 5.74) is 0.130. The van der Waals surface area contributed by atoms with E-state index in [1.165, 1.54) is 24.3 Å². The number of benzene rings is 4. The van der Waals surface area contributed by atoms with Crippen LogP contribution >= 0.6 is 23.2 Å². The minimum atomic E-state index is -3.51. The first-order chi connectivity index (χ1) is 15.9. The van der Waals surface area contributed by atoms with Crippen LogP contribution in [0.25, 0.3) is 0 Å². The zero-order valence-electron chi connectivity index (χ0n) is 17.2. The summed E-state index contributed by atoms with van der Waals surface area (Å²) in [7, 11) is -3.51. The Labute approximate surface area is 201 Å². The highest BCUT2D eigenvalue weighted by atomic mass is 35.5. The highest BCUT2D eigenvalue weighted by Gasteiger charge is 2.46. The fraction of sp³-hybridized carbons (Fsp3) is 0. The number of carboxylic acids is 2. The van der Waals surface area contributed by atoms with E-state index in [4.69, 9.17) is 23.2 Å². The molecule has 0 atom stereocenters. The highest BCUT2D eigenvalue weighted by Crippen LogP contribution is 2.19. The van der Waals surface area contributed by atoms with Crippen LogP contribution in [0.5, 0.6) is 0 Å². The van der Waals surface area contributed by atoms with Crippen molar-refractivity contribution in [2.45, 2.75) is 0 Å². The van der Waals surface area contributed by atoms with Crippen LogP contribution in [0.4, 0.5) is 0 Å². The molecule has 164 valence electrons. The monoisotopic (exact) mass is 492 g/mol. The molecule has 0 aliphatic heterocycles. The summed E-state index contributed by atoms with van der Waals surface area (Å²) in [5, 5.41) is 23.6. The standard InChI is InChI=1S/C26H18Cl2O4Si/c27-17-11-13-21(25(29)30)23(15-17)33(19-7-3-1-4-8-19,20-9-5-2-6-10-20)24-16-18(28)12-14-22(24)26(31)32/h1-16H,(H,29,30)(H,31,32). The summed E-state index contributed by atoms with van der Waals surface area (Å²) in [6.07, 6.45) is 0. The van der Waals surface area contributed by atoms with Gasteiger partial charge in [-0.05, 0) is 57.1 Å². The largest absolute Gasteiger partial charge is 0.478 e. The third-order valence-corrected chi connectivity index (χ3v) is 11.0. The van der Waals surface area contributed by atoms with E-state index in [2.05, 4.69) is 0 Å². The van der Waals surface area contributed by atoms with Crippen LogP contribution in [0.15, 0.2) is 97.1 Å². The van der Waals surface area contributed by atoms with E-state index in [0.717, 1.165) is 10.4 Å². The third kappa shape index (κ3) is 4.07. The Morgan fingerprint density at radius 1 is 0.576 bits per heavy atom. The Kier molecular flexibility index (Phi) is 6.38. The van der Waals surface area contributed by atoms with Crippen molar-refractivity contribution in [3.8, 4) is 0 Å². The second-order valence-electron chi connectivity index (χ2n) is 7.47. The number of carbonyl (C=O) groups is 2. The second kappa shape index (κ2) is 9.23. The van der Waals surface area contributed by atoms with Gasteiger partial charge in [0.2, 0.25) is 0 Å². The number of rotatable bonds is 6. The number of aromatic carboxylic acids is 2. The zero-order valence-corrected chi connectivity index (χ0v) is 19.7. The van der Waals surface area contributed by atoms with E-state index in [-0.39, 0.29) is 11.1 Å². The number of hydrogen-bond acceptors (Lipinski definition) is 2. The molecule has 0 fully saturated rings. The number of hydrogen-bond donors (Lipinski definition) is 2. The molecule has 0 aromatic heterocycles. The number of halogens is 2. The molecule has 0 bridgehead atoms. The molecule has 4 rings (SSSR count). The molecule has 4 aromatic rings. The van der Waals surface area contributed by atoms with E-state index < -0.39 is 20.0 Å². The summed E-state index contributed by atoms with van der Waals surface area (Å²) in [5.74, 6) is -2.24. The van der Waals surface area contributed by atoms with Crippen LogP contribution in [0, 0.1) is 0 Å². The van der Waals surface area contributed by atoms with Gasteiger partial charge in [0.25, 0.3) is 0 Å². The van der Waals surface area contributed by atoms with Gasteiger partial charge in [-0.2, -0.15) is 0 Å². The minimum absolute atomic E-state index is 0.0649. The molecular formula is C26H18Cl2O4Si. The molecule has 0 aliphatic carbocycles. The third-order valence-electron chi connectivity index (χ3n) is 5.65. The van der Waals surface area contributed by atoms with Gasteiger partial charge in [0.05, 0.1) is 11.1 Å². The Morgan fingerprint density at radius 3 is 1.27 bits per heavy atom. The van der Waals surface area contributed by atoms with Crippen molar-refractivity contribution >= 4 is 64.0 Å². The van der Waals surface area contributed by atoms with Crippen LogP contribution in [0.3, 0.4) is 0 Å². The first-order valence-corrected chi connectivity index (χ1v) is 12.8. The van der Waals surface area contributed by atoms with Crippen LogP contribution in [0.1, 0.15) is 20.7 Å². The van der Waals surface area contributed by atoms with Crippen molar-refractivity contribution < 1.29 is 19.8 Å². The second-order valence-corrected chi connectivity index (χ2v) is 12.1. The Bertz CT molecular complexity index is 1240. The minimum Gasteiger partial charge on any atom is -0.478 e. The summed E-state index contributed by atoms with van der Waals surface area (Å²) < 4.78 is 0. The van der Waals surface area contributed by atoms with Crippen LogP contribution < -0.4 is 20.7 Å². The topological polar surface area (TPSA) is 74.6 Å². The van der Waals surface area contributed by atoms with Crippen molar-refractivity contribution in [1.82, 2.24) is 0 Å². The van der Waals surface area contributed by atoms with Gasteiger partial charge in [0.1, 0.15) is 0 Å². The number of carboxylic acid groups (broad SMARTS) is 2. The molecule has 0 spiro atoms. The molecule has 0 aliphatic rings. The molecule has 0 saturated heterocycles. The lowest BCUT2D eigenvalue weighted by atomic mass is 10.2. The maximum atomic E-state index is 12.4. The van der Waals surface area contributed by atoms with Crippen molar-refractivity contribution in [3.05, 3.63) is 118 Å². The predicted molar refractivity (Wildman–Crippen MR) is 134 cm³/mol. The van der Waals surface area contributed by atoms with Crippen LogP contribution in [-0.4, -0.2) is 30.2 Å². The first-order valence-electron chi connectivity index (χ1n) is 10.0. The average Bonchev–Trinajstić information content (AvgIpc) is 2.81. The lowest BCUT2D eigenvalue weighted by Gasteiger charge is -2.36. The van der Waals surface area contributed by atoms with Crippen LogP contribution in [-0.2, 0) is 0 Å². The van der Waals surface area contributed by atoms with E-state index in [0.29, 0.717) is 20.4 Å². The maximum Gasteiger partial charge on any atom is 0.335 e. The first kappa shape index (κ1) is 22.8. The fourth-order valence-electron chi connectivity index (χ4n) is 4.34. The van der Waals surface area contributed by atoms with E-state index >= 15 is 0 Å². The van der Waals surface area contributed by atoms with Gasteiger partial charge in [-0.1, -0.05) is 83.9 Å². The Hall–Kier alpha value is -3.38. The van der Waals surface area contributed by atoms with Gasteiger partial charge in [-0.25, -0.2) is 9.59 Å². The SMILES string of the molecule is O=C(O)c1ccc(Cl)cc1[Si](c1ccccc1)(c1ccccc1)c1cc(Cl)ccc1C(=O)O. The summed E-state index contributed by atoms with van der Waals surface area (Å²) in [6, 6.07) is 28.0. The van der Waals surface area contributed by atoms with Crippen LogP contribution in [0.2, 0.25) is 10.0 Å². The van der Waals surface area contributed by atoms with Gasteiger partial charge < -0.3 is 10.2 Å². The molecule has 4 nitrogen and oxygen atoms in total. The van der Waals surface area contributed by atoms with Gasteiger partial charge in [0.15, 0.2) is 8.07 Å². The predicted octanol–water partition coefficient (Wildman–Crippen LogP) is 3.77. The summed E-state index contributed by atoms with van der Waals surface area (Å²) in [6.45, 7) is 0. The van der Waals surface area contributed by atoms with Crippen molar-refractivity contribution in [2.24, 2.45) is 0 Å². The lowest BCUT2D eigenvalue weighted by Crippen LogP contribution is -2.76. The smallest absolute Gasteiger partial charge is 0.335 e. The Morgan fingerprint density at radius 2 is 0.939 bits per heavy atom. The normalized spacial score (nSPS) is 11.2. The molecule has 0 heterocycles. The molecule has 2 N–H and O–H groups in total. The molecule has 0 amide bonds. The average molecular weight is 493 g/mol. The van der Waals surface area contributed by atoms with Crippen molar-refractivity contribution in [2.75, 3.05) is 0 Å². The molecule has 0 saturated carbocycles. The van der Waals surface area contributed by atoms with E-state index in [1.54, 1.807) is 12.1 Å². The van der Waals surface area contributed by atoms with E-state index in [9.17, 15) is 19.8 Å². The molecule has 4 aromatic carbocycles. The van der Waals surface area contributed by atoms with Gasteiger partial charge in [-0.3, -0.25) is 0 Å². The maximum absolute atomic E-state index is 12.4. The molecular weight excluding hydrogens is 475 g/mol. The highest BCUT2D eigenvalue weighted by molar-refractivity contribution is 7.20. The van der Waals surface area contributed by atoms with Crippen molar-refractivity contribution in [1.29, 1.82) is 0 Å². The molecule has 0 unspecified atom stereocenters. The zero-order chi connectivity index (χ0) is 23.6. The molecule has 7 heteroatoms. The summed E-state index contributed by atoms with van der Waals surface area (Å²) >= 11 is 12.8. The quantitative estimate of drug-likeness (QED) is 0.317. The van der Waals surface area contributed by atoms with Crippen molar-refractivity contribution in [3.63, 3.8) is 0 Å². The lowest BCUT2D eigenvalue weighted by molar-refractivity contribution is 0.0688. The van der Waals surface area contributed by atoms with Gasteiger partial charge >= 0.3 is 11.9 Å².